The molecule has 8 nitrogen and oxygen atoms in total. The number of ether oxygens (including phenoxy) is 3. The molecule has 170 valence electrons. The van der Waals surface area contributed by atoms with Crippen molar-refractivity contribution in [1.82, 2.24) is 10.2 Å². The highest BCUT2D eigenvalue weighted by Crippen LogP contribution is 2.46. The number of likely N-dealkylation sites (tertiary alicyclic amines) is 1. The third-order valence-electron chi connectivity index (χ3n) is 4.66. The van der Waals surface area contributed by atoms with Crippen LogP contribution in [0.1, 0.15) is 45.2 Å². The minimum Gasteiger partial charge on any atom is -0.467 e. The summed E-state index contributed by atoms with van der Waals surface area (Å²) in [4.78, 5) is 14.5. The summed E-state index contributed by atoms with van der Waals surface area (Å²) in [7, 11) is 1.51. The lowest BCUT2D eigenvalue weighted by Crippen LogP contribution is -2.37. The van der Waals surface area contributed by atoms with Gasteiger partial charge in [0, 0.05) is 19.2 Å². The van der Waals surface area contributed by atoms with E-state index >= 15 is 0 Å². The standard InChI is InChI=1S/C20H30Cl2N2O6/c1-20(2,3)30-19(27)24-9-12(8-16(26)23-10-25)7-14(24)17-15(29-11-28-4)6-5-13(21)18(17)22/h5-6,12,14,16,23,25-26H,7-11H2,1-4H3/t12-,14+,16?/m0/s1. The molecule has 1 unspecified atom stereocenters. The first-order valence-corrected chi connectivity index (χ1v) is 10.4. The van der Waals surface area contributed by atoms with Crippen LogP contribution in [0, 0.1) is 5.92 Å². The zero-order chi connectivity index (χ0) is 22.5. The predicted molar refractivity (Wildman–Crippen MR) is 114 cm³/mol. The van der Waals surface area contributed by atoms with Crippen LogP contribution in [-0.4, -0.2) is 60.2 Å². The fourth-order valence-corrected chi connectivity index (χ4v) is 3.95. The summed E-state index contributed by atoms with van der Waals surface area (Å²) in [5, 5.41) is 22.2. The van der Waals surface area contributed by atoms with Crippen molar-refractivity contribution in [2.75, 3.05) is 27.2 Å². The van der Waals surface area contributed by atoms with Gasteiger partial charge in [0.1, 0.15) is 17.6 Å². The number of methoxy groups -OCH3 is 1. The third kappa shape index (κ3) is 6.60. The minimum atomic E-state index is -0.904. The first kappa shape index (κ1) is 25.0. The summed E-state index contributed by atoms with van der Waals surface area (Å²) in [6, 6.07) is 2.84. The lowest BCUT2D eigenvalue weighted by Gasteiger charge is -2.30. The molecule has 10 heteroatoms. The van der Waals surface area contributed by atoms with Gasteiger partial charge in [0.05, 0.1) is 22.8 Å². The minimum absolute atomic E-state index is 0.00663. The number of halogens is 2. The van der Waals surface area contributed by atoms with Crippen LogP contribution in [0.5, 0.6) is 5.75 Å². The molecular weight excluding hydrogens is 435 g/mol. The molecule has 0 aromatic heterocycles. The smallest absolute Gasteiger partial charge is 0.410 e. The van der Waals surface area contributed by atoms with Crippen molar-refractivity contribution >= 4 is 29.3 Å². The van der Waals surface area contributed by atoms with E-state index in [2.05, 4.69) is 5.32 Å². The lowest BCUT2D eigenvalue weighted by molar-refractivity contribution is 0.0202. The molecule has 1 aliphatic rings. The monoisotopic (exact) mass is 464 g/mol. The number of aliphatic hydroxyl groups excluding tert-OH is 2. The van der Waals surface area contributed by atoms with E-state index in [1.54, 1.807) is 37.8 Å². The van der Waals surface area contributed by atoms with Crippen molar-refractivity contribution < 1.29 is 29.2 Å². The quantitative estimate of drug-likeness (QED) is 0.505. The molecule has 1 fully saturated rings. The average molecular weight is 465 g/mol. The highest BCUT2D eigenvalue weighted by molar-refractivity contribution is 6.42. The molecule has 3 N–H and O–H groups in total. The van der Waals surface area contributed by atoms with E-state index in [4.69, 9.17) is 42.5 Å². The summed E-state index contributed by atoms with van der Waals surface area (Å²) in [5.74, 6) is 0.390. The number of rotatable bonds is 8. The summed E-state index contributed by atoms with van der Waals surface area (Å²) in [5.41, 5.74) is -0.107. The molecule has 2 rings (SSSR count). The number of hydrogen-bond acceptors (Lipinski definition) is 7. The molecular formula is C20H30Cl2N2O6. The van der Waals surface area contributed by atoms with Crippen LogP contribution in [-0.2, 0) is 9.47 Å². The fraction of sp³-hybridized carbons (Fsp3) is 0.650. The Kier molecular flexibility index (Phi) is 9.02. The Labute approximate surface area is 187 Å². The van der Waals surface area contributed by atoms with E-state index in [9.17, 15) is 9.90 Å². The molecule has 1 aromatic rings. The van der Waals surface area contributed by atoms with Gasteiger partial charge in [-0.2, -0.15) is 0 Å². The van der Waals surface area contributed by atoms with Gasteiger partial charge in [-0.1, -0.05) is 23.2 Å². The van der Waals surface area contributed by atoms with Crippen LogP contribution in [0.3, 0.4) is 0 Å². The normalized spacial score (nSPS) is 20.3. The van der Waals surface area contributed by atoms with Gasteiger partial charge in [-0.05, 0) is 51.7 Å². The Bertz CT molecular complexity index is 728. The van der Waals surface area contributed by atoms with Crippen LogP contribution < -0.4 is 10.1 Å². The van der Waals surface area contributed by atoms with Crippen LogP contribution >= 0.6 is 23.2 Å². The van der Waals surface area contributed by atoms with Gasteiger partial charge in [-0.15, -0.1) is 0 Å². The maximum absolute atomic E-state index is 13.0. The number of nitrogens with one attached hydrogen (secondary N) is 1. The highest BCUT2D eigenvalue weighted by atomic mass is 35.5. The van der Waals surface area contributed by atoms with Gasteiger partial charge in [0.2, 0.25) is 0 Å². The third-order valence-corrected chi connectivity index (χ3v) is 5.48. The largest absolute Gasteiger partial charge is 0.467 e. The Morgan fingerprint density at radius 1 is 1.37 bits per heavy atom. The lowest BCUT2D eigenvalue weighted by atomic mass is 9.96. The van der Waals surface area contributed by atoms with Gasteiger partial charge < -0.3 is 29.3 Å². The van der Waals surface area contributed by atoms with Crippen molar-refractivity contribution in [3.63, 3.8) is 0 Å². The molecule has 0 radical (unpaired) electrons. The van der Waals surface area contributed by atoms with Crippen molar-refractivity contribution in [2.24, 2.45) is 5.92 Å². The van der Waals surface area contributed by atoms with Crippen LogP contribution in [0.2, 0.25) is 10.0 Å². The average Bonchev–Trinajstić information content (AvgIpc) is 3.04. The zero-order valence-corrected chi connectivity index (χ0v) is 19.2. The molecule has 0 bridgehead atoms. The first-order valence-electron chi connectivity index (χ1n) is 9.69. The molecule has 0 aliphatic carbocycles. The van der Waals surface area contributed by atoms with Gasteiger partial charge in [0.15, 0.2) is 6.79 Å². The second-order valence-electron chi connectivity index (χ2n) is 8.19. The van der Waals surface area contributed by atoms with Crippen LogP contribution in [0.25, 0.3) is 0 Å². The van der Waals surface area contributed by atoms with Crippen LogP contribution in [0.4, 0.5) is 4.79 Å². The number of hydrogen-bond donors (Lipinski definition) is 3. The Morgan fingerprint density at radius 2 is 2.07 bits per heavy atom. The van der Waals surface area contributed by atoms with Crippen molar-refractivity contribution in [2.45, 2.75) is 51.5 Å². The Balaban J connectivity index is 2.40. The zero-order valence-electron chi connectivity index (χ0n) is 17.7. The molecule has 1 amide bonds. The van der Waals surface area contributed by atoms with Crippen LogP contribution in [0.15, 0.2) is 12.1 Å². The molecule has 3 atom stereocenters. The number of nitrogens with zero attached hydrogens (tertiary/aromatic N) is 1. The van der Waals surface area contributed by atoms with Crippen molar-refractivity contribution in [3.8, 4) is 5.75 Å². The second kappa shape index (κ2) is 10.8. The van der Waals surface area contributed by atoms with Crippen molar-refractivity contribution in [3.05, 3.63) is 27.7 Å². The summed E-state index contributed by atoms with van der Waals surface area (Å²) in [6.45, 7) is 5.39. The number of aliphatic hydroxyl groups is 2. The van der Waals surface area contributed by atoms with E-state index in [-0.39, 0.29) is 19.4 Å². The van der Waals surface area contributed by atoms with Gasteiger partial charge >= 0.3 is 6.09 Å². The summed E-state index contributed by atoms with van der Waals surface area (Å²) in [6.07, 6.45) is -0.554. The second-order valence-corrected chi connectivity index (χ2v) is 8.97. The Morgan fingerprint density at radius 3 is 2.67 bits per heavy atom. The molecule has 1 heterocycles. The first-order chi connectivity index (χ1) is 14.1. The topological polar surface area (TPSA) is 100 Å². The summed E-state index contributed by atoms with van der Waals surface area (Å²) < 4.78 is 16.3. The predicted octanol–water partition coefficient (Wildman–Crippen LogP) is 3.52. The maximum Gasteiger partial charge on any atom is 0.410 e. The molecule has 30 heavy (non-hydrogen) atoms. The number of carbonyl (C=O) groups excluding carboxylic acids is 1. The van der Waals surface area contributed by atoms with Gasteiger partial charge in [0.25, 0.3) is 0 Å². The van der Waals surface area contributed by atoms with E-state index in [1.807, 2.05) is 0 Å². The molecule has 1 aliphatic heterocycles. The van der Waals surface area contributed by atoms with E-state index in [1.165, 1.54) is 7.11 Å². The van der Waals surface area contributed by atoms with E-state index < -0.39 is 24.0 Å². The number of carbonyl (C=O) groups is 1. The molecule has 1 saturated heterocycles. The number of amides is 1. The fourth-order valence-electron chi connectivity index (χ4n) is 3.50. The molecule has 0 spiro atoms. The highest BCUT2D eigenvalue weighted by Gasteiger charge is 2.41. The van der Waals surface area contributed by atoms with E-state index in [0.717, 1.165) is 0 Å². The van der Waals surface area contributed by atoms with Gasteiger partial charge in [-0.3, -0.25) is 5.32 Å². The van der Waals surface area contributed by atoms with Crippen molar-refractivity contribution in [1.29, 1.82) is 0 Å². The SMILES string of the molecule is COCOc1ccc(Cl)c(Cl)c1[C@H]1C[C@@H](CC(O)NCO)CN1C(=O)OC(C)(C)C. The number of benzene rings is 1. The molecule has 1 aromatic carbocycles. The van der Waals surface area contributed by atoms with Gasteiger partial charge in [-0.25, -0.2) is 4.79 Å². The Hall–Kier alpha value is -1.29. The summed E-state index contributed by atoms with van der Waals surface area (Å²) >= 11 is 12.8. The molecule has 0 saturated carbocycles. The van der Waals surface area contributed by atoms with E-state index in [0.29, 0.717) is 40.7 Å². The maximum atomic E-state index is 13.0.